The largest absolute Gasteiger partial charge is 0.494 e. The molecule has 106 valence electrons. The maximum atomic E-state index is 5.64. The molecule has 0 saturated heterocycles. The number of aromatic nitrogens is 2. The molecule has 0 amide bonds. The van der Waals surface area contributed by atoms with E-state index in [4.69, 9.17) is 4.74 Å². The molecule has 2 aromatic rings. The third-order valence-electron chi connectivity index (χ3n) is 2.78. The highest BCUT2D eigenvalue weighted by Gasteiger charge is 2.04. The van der Waals surface area contributed by atoms with Crippen molar-refractivity contribution >= 4 is 5.82 Å². The Bertz CT molecular complexity index is 493. The molecular weight excluding hydrogens is 250 g/mol. The summed E-state index contributed by atoms with van der Waals surface area (Å²) in [5, 5.41) is 3.27. The summed E-state index contributed by atoms with van der Waals surface area (Å²) >= 11 is 0. The average Bonchev–Trinajstić information content (AvgIpc) is 2.51. The number of nitrogens with one attached hydrogen (secondary N) is 1. The summed E-state index contributed by atoms with van der Waals surface area (Å²) in [6.45, 7) is 5.86. The Morgan fingerprint density at radius 3 is 2.85 bits per heavy atom. The first-order valence-electron chi connectivity index (χ1n) is 7.13. The quantitative estimate of drug-likeness (QED) is 0.833. The lowest BCUT2D eigenvalue weighted by Crippen LogP contribution is -2.03. The lowest BCUT2D eigenvalue weighted by atomic mass is 10.2. The molecule has 1 aromatic carbocycles. The van der Waals surface area contributed by atoms with Crippen LogP contribution in [0.25, 0.3) is 11.4 Å². The SMILES string of the molecule is CCCNc1ccnc(-c2cccc(OCCC)c2)n1. The smallest absolute Gasteiger partial charge is 0.161 e. The van der Waals surface area contributed by atoms with E-state index in [0.29, 0.717) is 5.82 Å². The molecule has 1 N–H and O–H groups in total. The molecule has 0 unspecified atom stereocenters. The van der Waals surface area contributed by atoms with Crippen LogP contribution in [0.15, 0.2) is 36.5 Å². The van der Waals surface area contributed by atoms with Crippen LogP contribution in [0.1, 0.15) is 26.7 Å². The second-order valence-corrected chi connectivity index (χ2v) is 4.57. The third-order valence-corrected chi connectivity index (χ3v) is 2.78. The van der Waals surface area contributed by atoms with Crippen molar-refractivity contribution in [2.24, 2.45) is 0 Å². The summed E-state index contributed by atoms with van der Waals surface area (Å²) in [5.74, 6) is 2.43. The van der Waals surface area contributed by atoms with Crippen LogP contribution in [-0.4, -0.2) is 23.1 Å². The Kier molecular flexibility index (Phi) is 5.35. The van der Waals surface area contributed by atoms with Crippen molar-refractivity contribution in [2.45, 2.75) is 26.7 Å². The number of hydrogen-bond acceptors (Lipinski definition) is 4. The van der Waals surface area contributed by atoms with Gasteiger partial charge in [0.05, 0.1) is 6.61 Å². The molecule has 0 fully saturated rings. The molecule has 2 rings (SSSR count). The van der Waals surface area contributed by atoms with E-state index in [1.807, 2.05) is 30.3 Å². The highest BCUT2D eigenvalue weighted by molar-refractivity contribution is 5.59. The molecule has 20 heavy (non-hydrogen) atoms. The molecular formula is C16H21N3O. The molecule has 0 atom stereocenters. The van der Waals surface area contributed by atoms with Crippen LogP contribution in [-0.2, 0) is 0 Å². The standard InChI is InChI=1S/C16H21N3O/c1-3-9-17-15-8-10-18-16(19-15)13-6-5-7-14(12-13)20-11-4-2/h5-8,10,12H,3-4,9,11H2,1-2H3,(H,17,18,19). The zero-order chi connectivity index (χ0) is 14.2. The third kappa shape index (κ3) is 3.95. The van der Waals surface area contributed by atoms with Gasteiger partial charge in [0.1, 0.15) is 11.6 Å². The maximum absolute atomic E-state index is 5.64. The van der Waals surface area contributed by atoms with E-state index < -0.39 is 0 Å². The fourth-order valence-electron chi connectivity index (χ4n) is 1.79. The Balaban J connectivity index is 2.17. The molecule has 0 bridgehead atoms. The molecule has 1 aromatic heterocycles. The van der Waals surface area contributed by atoms with Crippen LogP contribution in [0.3, 0.4) is 0 Å². The van der Waals surface area contributed by atoms with Crippen LogP contribution in [0.5, 0.6) is 5.75 Å². The first-order valence-corrected chi connectivity index (χ1v) is 7.13. The van der Waals surface area contributed by atoms with Crippen molar-refractivity contribution in [1.82, 2.24) is 9.97 Å². The number of anilines is 1. The minimum Gasteiger partial charge on any atom is -0.494 e. The van der Waals surface area contributed by atoms with E-state index >= 15 is 0 Å². The Morgan fingerprint density at radius 2 is 2.05 bits per heavy atom. The van der Waals surface area contributed by atoms with Crippen molar-refractivity contribution in [2.75, 3.05) is 18.5 Å². The van der Waals surface area contributed by atoms with Gasteiger partial charge < -0.3 is 10.1 Å². The summed E-state index contributed by atoms with van der Waals surface area (Å²) in [7, 11) is 0. The minimum absolute atomic E-state index is 0.716. The molecule has 1 heterocycles. The summed E-state index contributed by atoms with van der Waals surface area (Å²) in [4.78, 5) is 8.86. The fraction of sp³-hybridized carbons (Fsp3) is 0.375. The number of hydrogen-bond donors (Lipinski definition) is 1. The maximum Gasteiger partial charge on any atom is 0.161 e. The molecule has 4 nitrogen and oxygen atoms in total. The number of benzene rings is 1. The van der Waals surface area contributed by atoms with Gasteiger partial charge >= 0.3 is 0 Å². The number of ether oxygens (including phenoxy) is 1. The predicted octanol–water partition coefficient (Wildman–Crippen LogP) is 3.75. The Morgan fingerprint density at radius 1 is 1.15 bits per heavy atom. The Labute approximate surface area is 120 Å². The lowest BCUT2D eigenvalue weighted by molar-refractivity contribution is 0.317. The highest BCUT2D eigenvalue weighted by Crippen LogP contribution is 2.21. The van der Waals surface area contributed by atoms with Gasteiger partial charge in [-0.05, 0) is 31.0 Å². The van der Waals surface area contributed by atoms with Gasteiger partial charge in [0.15, 0.2) is 5.82 Å². The molecule has 0 saturated carbocycles. The summed E-state index contributed by atoms with van der Waals surface area (Å²) in [6.07, 6.45) is 3.84. The van der Waals surface area contributed by atoms with E-state index in [1.165, 1.54) is 0 Å². The van der Waals surface area contributed by atoms with E-state index in [0.717, 1.165) is 43.1 Å². The van der Waals surface area contributed by atoms with Crippen LogP contribution < -0.4 is 10.1 Å². The highest BCUT2D eigenvalue weighted by atomic mass is 16.5. The van der Waals surface area contributed by atoms with Gasteiger partial charge in [-0.2, -0.15) is 0 Å². The van der Waals surface area contributed by atoms with Gasteiger partial charge in [0, 0.05) is 18.3 Å². The van der Waals surface area contributed by atoms with E-state index in [-0.39, 0.29) is 0 Å². The summed E-state index contributed by atoms with van der Waals surface area (Å²) in [5.41, 5.74) is 0.971. The van der Waals surface area contributed by atoms with Crippen molar-refractivity contribution in [3.63, 3.8) is 0 Å². The molecule has 0 aliphatic heterocycles. The van der Waals surface area contributed by atoms with Crippen LogP contribution >= 0.6 is 0 Å². The minimum atomic E-state index is 0.716. The lowest BCUT2D eigenvalue weighted by Gasteiger charge is -2.08. The molecule has 0 aliphatic carbocycles. The van der Waals surface area contributed by atoms with Crippen molar-refractivity contribution in [3.05, 3.63) is 36.5 Å². The van der Waals surface area contributed by atoms with Gasteiger partial charge in [-0.3, -0.25) is 0 Å². The van der Waals surface area contributed by atoms with Crippen LogP contribution in [0, 0.1) is 0 Å². The second-order valence-electron chi connectivity index (χ2n) is 4.57. The van der Waals surface area contributed by atoms with Crippen molar-refractivity contribution in [3.8, 4) is 17.1 Å². The van der Waals surface area contributed by atoms with E-state index in [2.05, 4.69) is 29.1 Å². The molecule has 0 radical (unpaired) electrons. The molecule has 4 heteroatoms. The fourth-order valence-corrected chi connectivity index (χ4v) is 1.79. The topological polar surface area (TPSA) is 47.0 Å². The zero-order valence-electron chi connectivity index (χ0n) is 12.1. The molecule has 0 spiro atoms. The summed E-state index contributed by atoms with van der Waals surface area (Å²) in [6, 6.07) is 9.79. The van der Waals surface area contributed by atoms with Gasteiger partial charge in [-0.1, -0.05) is 26.0 Å². The van der Waals surface area contributed by atoms with Crippen LogP contribution in [0.4, 0.5) is 5.82 Å². The predicted molar refractivity (Wildman–Crippen MR) is 82.0 cm³/mol. The number of rotatable bonds is 7. The Hall–Kier alpha value is -2.10. The van der Waals surface area contributed by atoms with Gasteiger partial charge in [0.25, 0.3) is 0 Å². The first-order chi connectivity index (χ1) is 9.83. The van der Waals surface area contributed by atoms with Gasteiger partial charge in [-0.15, -0.1) is 0 Å². The monoisotopic (exact) mass is 271 g/mol. The number of nitrogens with zero attached hydrogens (tertiary/aromatic N) is 2. The van der Waals surface area contributed by atoms with E-state index in [9.17, 15) is 0 Å². The average molecular weight is 271 g/mol. The van der Waals surface area contributed by atoms with Crippen molar-refractivity contribution in [1.29, 1.82) is 0 Å². The first kappa shape index (κ1) is 14.3. The van der Waals surface area contributed by atoms with Gasteiger partial charge in [0.2, 0.25) is 0 Å². The molecule has 0 aliphatic rings. The summed E-state index contributed by atoms with van der Waals surface area (Å²) < 4.78 is 5.64. The second kappa shape index (κ2) is 7.48. The van der Waals surface area contributed by atoms with E-state index in [1.54, 1.807) is 6.20 Å². The normalized spacial score (nSPS) is 10.3. The van der Waals surface area contributed by atoms with Crippen molar-refractivity contribution < 1.29 is 4.74 Å². The zero-order valence-corrected chi connectivity index (χ0v) is 12.1. The van der Waals surface area contributed by atoms with Crippen LogP contribution in [0.2, 0.25) is 0 Å². The van der Waals surface area contributed by atoms with Gasteiger partial charge in [-0.25, -0.2) is 9.97 Å².